The van der Waals surface area contributed by atoms with Crippen molar-refractivity contribution in [1.29, 1.82) is 0 Å². The summed E-state index contributed by atoms with van der Waals surface area (Å²) in [6.07, 6.45) is 4.51. The summed E-state index contributed by atoms with van der Waals surface area (Å²) in [7, 11) is 0. The van der Waals surface area contributed by atoms with Gasteiger partial charge in [-0.2, -0.15) is 0 Å². The Kier molecular flexibility index (Phi) is 3.61. The van der Waals surface area contributed by atoms with Crippen molar-refractivity contribution in [2.24, 2.45) is 11.7 Å². The molecule has 4 nitrogen and oxygen atoms in total. The molecule has 15 heavy (non-hydrogen) atoms. The van der Waals surface area contributed by atoms with Gasteiger partial charge in [-0.05, 0) is 25.2 Å². The number of hydrogen-bond acceptors (Lipinski definition) is 4. The van der Waals surface area contributed by atoms with Crippen LogP contribution in [0.5, 0.6) is 0 Å². The van der Waals surface area contributed by atoms with Gasteiger partial charge in [0.2, 0.25) is 0 Å². The number of rotatable bonds is 4. The molecule has 4 heteroatoms. The van der Waals surface area contributed by atoms with Crippen LogP contribution in [0.4, 0.5) is 0 Å². The van der Waals surface area contributed by atoms with Crippen molar-refractivity contribution in [3.63, 3.8) is 0 Å². The lowest BCUT2D eigenvalue weighted by atomic mass is 9.94. The first-order valence-electron chi connectivity index (χ1n) is 5.96. The van der Waals surface area contributed by atoms with Gasteiger partial charge in [-0.15, -0.1) is 0 Å². The van der Waals surface area contributed by atoms with Crippen molar-refractivity contribution < 1.29 is 9.84 Å². The summed E-state index contributed by atoms with van der Waals surface area (Å²) in [6, 6.07) is 0.431. The summed E-state index contributed by atoms with van der Waals surface area (Å²) in [5, 5.41) is 12.9. The molecule has 0 aromatic carbocycles. The summed E-state index contributed by atoms with van der Waals surface area (Å²) in [6.45, 7) is 2.44. The van der Waals surface area contributed by atoms with Crippen molar-refractivity contribution in [3.8, 4) is 0 Å². The molecule has 0 amide bonds. The van der Waals surface area contributed by atoms with E-state index in [-0.39, 0.29) is 5.54 Å². The average Bonchev–Trinajstić information content (AvgIpc) is 2.88. The van der Waals surface area contributed by atoms with Crippen LogP contribution in [0.2, 0.25) is 0 Å². The first-order valence-corrected chi connectivity index (χ1v) is 5.96. The molecule has 0 bridgehead atoms. The predicted octanol–water partition coefficient (Wildman–Crippen LogP) is -0.145. The SMILES string of the molecule is NCC1(NC2CCCC2CO)CCOC1. The maximum absolute atomic E-state index is 9.26. The number of nitrogens with two attached hydrogens (primary N) is 1. The molecule has 1 saturated heterocycles. The van der Waals surface area contributed by atoms with E-state index >= 15 is 0 Å². The minimum absolute atomic E-state index is 0.0254. The largest absolute Gasteiger partial charge is 0.396 e. The van der Waals surface area contributed by atoms with Gasteiger partial charge in [0, 0.05) is 25.8 Å². The minimum atomic E-state index is -0.0254. The van der Waals surface area contributed by atoms with E-state index < -0.39 is 0 Å². The summed E-state index contributed by atoms with van der Waals surface area (Å²) in [5.41, 5.74) is 5.80. The second-order valence-corrected chi connectivity index (χ2v) is 4.91. The molecule has 2 aliphatic rings. The average molecular weight is 214 g/mol. The van der Waals surface area contributed by atoms with Crippen molar-refractivity contribution in [3.05, 3.63) is 0 Å². The lowest BCUT2D eigenvalue weighted by Gasteiger charge is -2.33. The number of hydrogen-bond donors (Lipinski definition) is 3. The van der Waals surface area contributed by atoms with Gasteiger partial charge in [-0.25, -0.2) is 0 Å². The molecule has 0 radical (unpaired) electrons. The molecule has 0 spiro atoms. The van der Waals surface area contributed by atoms with E-state index in [2.05, 4.69) is 5.32 Å². The molecule has 1 aliphatic carbocycles. The van der Waals surface area contributed by atoms with Crippen LogP contribution in [0.1, 0.15) is 25.7 Å². The molecular weight excluding hydrogens is 192 g/mol. The topological polar surface area (TPSA) is 67.5 Å². The van der Waals surface area contributed by atoms with Gasteiger partial charge in [0.25, 0.3) is 0 Å². The van der Waals surface area contributed by atoms with Crippen LogP contribution in [0, 0.1) is 5.92 Å². The quantitative estimate of drug-likeness (QED) is 0.609. The summed E-state index contributed by atoms with van der Waals surface area (Å²) < 4.78 is 5.43. The highest BCUT2D eigenvalue weighted by atomic mass is 16.5. The standard InChI is InChI=1S/C11H22N2O2/c12-7-11(4-5-15-8-11)13-10-3-1-2-9(10)6-14/h9-10,13-14H,1-8,12H2. The number of aliphatic hydroxyl groups excluding tert-OH is 1. The molecule has 1 saturated carbocycles. The molecule has 88 valence electrons. The van der Waals surface area contributed by atoms with Crippen molar-refractivity contribution in [1.82, 2.24) is 5.32 Å². The minimum Gasteiger partial charge on any atom is -0.396 e. The molecule has 1 aliphatic heterocycles. The fraction of sp³-hybridized carbons (Fsp3) is 1.00. The zero-order chi connectivity index (χ0) is 10.7. The van der Waals surface area contributed by atoms with Gasteiger partial charge in [-0.3, -0.25) is 0 Å². The first-order chi connectivity index (χ1) is 7.29. The Morgan fingerprint density at radius 3 is 2.93 bits per heavy atom. The Labute approximate surface area is 91.2 Å². The number of aliphatic hydroxyl groups is 1. The molecule has 0 aromatic rings. The highest BCUT2D eigenvalue weighted by Gasteiger charge is 2.38. The lowest BCUT2D eigenvalue weighted by molar-refractivity contribution is 0.146. The van der Waals surface area contributed by atoms with Crippen LogP contribution in [0.3, 0.4) is 0 Å². The third kappa shape index (κ3) is 2.33. The normalized spacial score (nSPS) is 41.2. The fourth-order valence-corrected chi connectivity index (χ4v) is 2.78. The molecule has 2 rings (SSSR count). The summed E-state index contributed by atoms with van der Waals surface area (Å²) >= 11 is 0. The van der Waals surface area contributed by atoms with E-state index in [4.69, 9.17) is 10.5 Å². The van der Waals surface area contributed by atoms with E-state index in [1.165, 1.54) is 6.42 Å². The third-order valence-corrected chi connectivity index (χ3v) is 3.88. The smallest absolute Gasteiger partial charge is 0.0661 e. The maximum Gasteiger partial charge on any atom is 0.0661 e. The van der Waals surface area contributed by atoms with Crippen LogP contribution in [-0.4, -0.2) is 43.1 Å². The summed E-state index contributed by atoms with van der Waals surface area (Å²) in [4.78, 5) is 0. The Morgan fingerprint density at radius 2 is 2.33 bits per heavy atom. The molecular formula is C11H22N2O2. The second kappa shape index (κ2) is 4.78. The number of nitrogens with one attached hydrogen (secondary N) is 1. The van der Waals surface area contributed by atoms with Gasteiger partial charge in [0.15, 0.2) is 0 Å². The Hall–Kier alpha value is -0.160. The van der Waals surface area contributed by atoms with Crippen molar-refractivity contribution >= 4 is 0 Å². The zero-order valence-electron chi connectivity index (χ0n) is 9.24. The second-order valence-electron chi connectivity index (χ2n) is 4.91. The van der Waals surface area contributed by atoms with Crippen molar-refractivity contribution in [2.75, 3.05) is 26.4 Å². The first kappa shape index (κ1) is 11.3. The summed E-state index contributed by atoms with van der Waals surface area (Å²) in [5.74, 6) is 0.411. The van der Waals surface area contributed by atoms with Gasteiger partial charge >= 0.3 is 0 Å². The molecule has 3 atom stereocenters. The van der Waals surface area contributed by atoms with Crippen molar-refractivity contribution in [2.45, 2.75) is 37.3 Å². The van der Waals surface area contributed by atoms with E-state index in [0.29, 0.717) is 25.1 Å². The zero-order valence-corrected chi connectivity index (χ0v) is 9.24. The van der Waals surface area contributed by atoms with Crippen LogP contribution in [0.15, 0.2) is 0 Å². The van der Waals surface area contributed by atoms with Crippen LogP contribution >= 0.6 is 0 Å². The van der Waals surface area contributed by atoms with Crippen LogP contribution in [0.25, 0.3) is 0 Å². The van der Waals surface area contributed by atoms with E-state index in [0.717, 1.165) is 32.5 Å². The van der Waals surface area contributed by atoms with Gasteiger partial charge in [0.1, 0.15) is 0 Å². The Bertz CT molecular complexity index is 205. The maximum atomic E-state index is 9.26. The van der Waals surface area contributed by atoms with Crippen LogP contribution in [-0.2, 0) is 4.74 Å². The molecule has 4 N–H and O–H groups in total. The monoisotopic (exact) mass is 214 g/mol. The highest BCUT2D eigenvalue weighted by molar-refractivity contribution is 4.97. The Balaban J connectivity index is 1.94. The molecule has 1 heterocycles. The van der Waals surface area contributed by atoms with E-state index in [1.807, 2.05) is 0 Å². The highest BCUT2D eigenvalue weighted by Crippen LogP contribution is 2.28. The Morgan fingerprint density at radius 1 is 1.47 bits per heavy atom. The molecule has 2 fully saturated rings. The predicted molar refractivity (Wildman–Crippen MR) is 58.6 cm³/mol. The van der Waals surface area contributed by atoms with Gasteiger partial charge < -0.3 is 20.9 Å². The molecule has 3 unspecified atom stereocenters. The van der Waals surface area contributed by atoms with Gasteiger partial charge in [-0.1, -0.05) is 6.42 Å². The lowest BCUT2D eigenvalue weighted by Crippen LogP contribution is -2.56. The third-order valence-electron chi connectivity index (χ3n) is 3.88. The van der Waals surface area contributed by atoms with Gasteiger partial charge in [0.05, 0.1) is 12.1 Å². The molecule has 0 aromatic heterocycles. The fourth-order valence-electron chi connectivity index (χ4n) is 2.78. The number of ether oxygens (including phenoxy) is 1. The van der Waals surface area contributed by atoms with Crippen LogP contribution < -0.4 is 11.1 Å². The van der Waals surface area contributed by atoms with E-state index in [1.54, 1.807) is 0 Å². The van der Waals surface area contributed by atoms with E-state index in [9.17, 15) is 5.11 Å².